The average Bonchev–Trinajstić information content (AvgIpc) is 2.58. The van der Waals surface area contributed by atoms with E-state index >= 15 is 0 Å². The molecule has 23 heavy (non-hydrogen) atoms. The van der Waals surface area contributed by atoms with E-state index in [1.165, 1.54) is 64.9 Å². The normalized spacial score (nSPS) is 13.2. The molecule has 0 spiro atoms. The minimum absolute atomic E-state index is 0.434. The Hall–Kier alpha value is -1.70. The van der Waals surface area contributed by atoms with Crippen LogP contribution >= 0.6 is 0 Å². The third-order valence-electron chi connectivity index (χ3n) is 3.54. The zero-order valence-corrected chi connectivity index (χ0v) is 14.9. The maximum absolute atomic E-state index is 8.77. The first-order chi connectivity index (χ1) is 11.3. The van der Waals surface area contributed by atoms with Crippen molar-refractivity contribution in [2.24, 2.45) is 0 Å². The number of aliphatic hydroxyl groups excluding tert-OH is 1. The van der Waals surface area contributed by atoms with Gasteiger partial charge in [0, 0.05) is 0 Å². The number of methoxy groups -OCH3 is 1. The lowest BCUT2D eigenvalue weighted by Gasteiger charge is -1.99. The molecule has 0 bridgehead atoms. The van der Waals surface area contributed by atoms with Crippen molar-refractivity contribution in [3.05, 3.63) is 60.6 Å². The van der Waals surface area contributed by atoms with Gasteiger partial charge in [-0.3, -0.25) is 0 Å². The van der Waals surface area contributed by atoms with Gasteiger partial charge in [-0.2, -0.15) is 0 Å². The first-order valence-electron chi connectivity index (χ1n) is 8.90. The maximum Gasteiger partial charge on any atom is 0.152 e. The predicted molar refractivity (Wildman–Crippen MR) is 102 cm³/mol. The minimum atomic E-state index is 0.434. The summed E-state index contributed by atoms with van der Waals surface area (Å²) >= 11 is 0. The molecular weight excluding hydrogens is 284 g/mol. The lowest BCUT2D eigenvalue weighted by Crippen LogP contribution is -1.79. The van der Waals surface area contributed by atoms with E-state index in [-0.39, 0.29) is 0 Å². The maximum atomic E-state index is 8.77. The lowest BCUT2D eigenvalue weighted by molar-refractivity contribution is 0.286. The van der Waals surface area contributed by atoms with Gasteiger partial charge in [0.1, 0.15) is 6.26 Å². The van der Waals surface area contributed by atoms with Gasteiger partial charge in [-0.1, -0.05) is 94.4 Å². The highest BCUT2D eigenvalue weighted by Crippen LogP contribution is 2.09. The van der Waals surface area contributed by atoms with Gasteiger partial charge in [0.25, 0.3) is 0 Å². The fourth-order valence-electron chi connectivity index (χ4n) is 2.14. The van der Waals surface area contributed by atoms with E-state index in [2.05, 4.69) is 19.1 Å². The number of unbranched alkanes of at least 4 members (excludes halogenated alkanes) is 8. The Bertz CT molecular complexity index is 387. The van der Waals surface area contributed by atoms with Crippen molar-refractivity contribution in [3.8, 4) is 0 Å². The molecule has 0 heterocycles. The van der Waals surface area contributed by atoms with E-state index < -0.39 is 0 Å². The molecule has 0 rings (SSSR count). The summed E-state index contributed by atoms with van der Waals surface area (Å²) in [5.41, 5.74) is 0. The van der Waals surface area contributed by atoms with Crippen LogP contribution in [0.25, 0.3) is 0 Å². The zero-order valence-electron chi connectivity index (χ0n) is 14.9. The third kappa shape index (κ3) is 16.5. The molecule has 2 heteroatoms. The Morgan fingerprint density at radius 2 is 1.35 bits per heavy atom. The first kappa shape index (κ1) is 21.3. The Labute approximate surface area is 142 Å². The smallest absolute Gasteiger partial charge is 0.152 e. The van der Waals surface area contributed by atoms with Gasteiger partial charge in [0.05, 0.1) is 7.11 Å². The monoisotopic (exact) mass is 318 g/mol. The van der Waals surface area contributed by atoms with E-state index in [4.69, 9.17) is 9.84 Å². The van der Waals surface area contributed by atoms with Crippen molar-refractivity contribution >= 4 is 0 Å². The lowest BCUT2D eigenvalue weighted by atomic mass is 10.1. The zero-order chi connectivity index (χ0) is 17.0. The van der Waals surface area contributed by atoms with E-state index in [1.807, 2.05) is 30.4 Å². The molecule has 0 saturated heterocycles. The summed E-state index contributed by atoms with van der Waals surface area (Å²) in [5.74, 6) is 0.434. The van der Waals surface area contributed by atoms with E-state index in [0.717, 1.165) is 6.26 Å². The van der Waals surface area contributed by atoms with Crippen molar-refractivity contribution in [1.82, 2.24) is 0 Å². The molecule has 1 N–H and O–H groups in total. The number of ether oxygens (including phenoxy) is 1. The highest BCUT2D eigenvalue weighted by Gasteiger charge is 1.90. The van der Waals surface area contributed by atoms with Crippen molar-refractivity contribution < 1.29 is 9.84 Å². The second-order valence-electron chi connectivity index (χ2n) is 5.56. The van der Waals surface area contributed by atoms with Crippen LogP contribution in [0.3, 0.4) is 0 Å². The van der Waals surface area contributed by atoms with Crippen LogP contribution < -0.4 is 0 Å². The summed E-state index contributed by atoms with van der Waals surface area (Å²) in [4.78, 5) is 0. The summed E-state index contributed by atoms with van der Waals surface area (Å²) < 4.78 is 4.88. The molecule has 0 aliphatic heterocycles. The van der Waals surface area contributed by atoms with E-state index in [0.29, 0.717) is 5.76 Å². The van der Waals surface area contributed by atoms with Gasteiger partial charge in [0.15, 0.2) is 5.76 Å². The Balaban J connectivity index is 3.52. The molecule has 0 aromatic rings. The largest absolute Gasteiger partial charge is 0.512 e. The third-order valence-corrected chi connectivity index (χ3v) is 3.54. The number of hydrogen-bond acceptors (Lipinski definition) is 2. The summed E-state index contributed by atoms with van der Waals surface area (Å²) in [6, 6.07) is 0. The summed E-state index contributed by atoms with van der Waals surface area (Å²) in [6.45, 7) is 2.26. The SMILES string of the molecule is CCCCCCCCCC/C=C/C=C\C=C\C=C\C(=C\O)OC. The van der Waals surface area contributed by atoms with Crippen molar-refractivity contribution in [2.75, 3.05) is 7.11 Å². The van der Waals surface area contributed by atoms with Crippen molar-refractivity contribution in [2.45, 2.75) is 64.7 Å². The highest BCUT2D eigenvalue weighted by atomic mass is 16.5. The van der Waals surface area contributed by atoms with Crippen LogP contribution in [0.5, 0.6) is 0 Å². The van der Waals surface area contributed by atoms with Crippen molar-refractivity contribution in [3.63, 3.8) is 0 Å². The number of aliphatic hydroxyl groups is 1. The van der Waals surface area contributed by atoms with Crippen LogP contribution in [-0.2, 0) is 4.74 Å². The first-order valence-corrected chi connectivity index (χ1v) is 8.90. The molecule has 0 atom stereocenters. The molecule has 0 saturated carbocycles. The van der Waals surface area contributed by atoms with Gasteiger partial charge < -0.3 is 9.84 Å². The van der Waals surface area contributed by atoms with Crippen LogP contribution in [-0.4, -0.2) is 12.2 Å². The molecule has 0 fully saturated rings. The molecule has 0 aliphatic carbocycles. The standard InChI is InChI=1S/C21H34O2/c1-3-4-5-6-7-8-9-10-11-12-13-14-15-16-17-18-19-21(20-22)23-2/h12-20,22H,3-11H2,1-2H3/b13-12+,15-14-,17-16+,19-18+,21-20-. The number of hydrogen-bond donors (Lipinski definition) is 1. The number of allylic oxidation sites excluding steroid dienone is 8. The van der Waals surface area contributed by atoms with E-state index in [9.17, 15) is 0 Å². The number of rotatable bonds is 14. The van der Waals surface area contributed by atoms with E-state index in [1.54, 1.807) is 6.08 Å². The molecule has 0 aromatic heterocycles. The van der Waals surface area contributed by atoms with Gasteiger partial charge in [-0.05, 0) is 18.9 Å². The topological polar surface area (TPSA) is 29.5 Å². The summed E-state index contributed by atoms with van der Waals surface area (Å²) in [7, 11) is 1.52. The molecule has 0 unspecified atom stereocenters. The molecule has 0 radical (unpaired) electrons. The summed E-state index contributed by atoms with van der Waals surface area (Å²) in [6.07, 6.45) is 28.8. The highest BCUT2D eigenvalue weighted by molar-refractivity contribution is 5.19. The summed E-state index contributed by atoms with van der Waals surface area (Å²) in [5, 5.41) is 8.77. The van der Waals surface area contributed by atoms with Crippen LogP contribution in [0.4, 0.5) is 0 Å². The average molecular weight is 319 g/mol. The van der Waals surface area contributed by atoms with Gasteiger partial charge >= 0.3 is 0 Å². The molecular formula is C21H34O2. The fraction of sp³-hybridized carbons (Fsp3) is 0.524. The Morgan fingerprint density at radius 1 is 0.783 bits per heavy atom. The quantitative estimate of drug-likeness (QED) is 0.217. The fourth-order valence-corrected chi connectivity index (χ4v) is 2.14. The second-order valence-corrected chi connectivity index (χ2v) is 5.56. The minimum Gasteiger partial charge on any atom is -0.512 e. The van der Waals surface area contributed by atoms with Crippen LogP contribution in [0.1, 0.15) is 64.7 Å². The Kier molecular flexibility index (Phi) is 17.0. The molecule has 0 aromatic carbocycles. The predicted octanol–water partition coefficient (Wildman–Crippen LogP) is 6.79. The molecule has 2 nitrogen and oxygen atoms in total. The van der Waals surface area contributed by atoms with Crippen LogP contribution in [0, 0.1) is 0 Å². The van der Waals surface area contributed by atoms with Gasteiger partial charge in [-0.15, -0.1) is 0 Å². The Morgan fingerprint density at radius 3 is 1.96 bits per heavy atom. The van der Waals surface area contributed by atoms with Crippen molar-refractivity contribution in [1.29, 1.82) is 0 Å². The molecule has 0 aliphatic rings. The van der Waals surface area contributed by atoms with Crippen LogP contribution in [0.2, 0.25) is 0 Å². The molecule has 0 amide bonds. The van der Waals surface area contributed by atoms with Gasteiger partial charge in [0.2, 0.25) is 0 Å². The van der Waals surface area contributed by atoms with Gasteiger partial charge in [-0.25, -0.2) is 0 Å². The molecule has 130 valence electrons. The van der Waals surface area contributed by atoms with Crippen LogP contribution in [0.15, 0.2) is 60.6 Å². The second kappa shape index (κ2) is 18.3.